The highest BCUT2D eigenvalue weighted by atomic mass is 16.5. The summed E-state index contributed by atoms with van der Waals surface area (Å²) in [5, 5.41) is 0. The van der Waals surface area contributed by atoms with Gasteiger partial charge >= 0.3 is 0 Å². The third-order valence-corrected chi connectivity index (χ3v) is 3.15. The van der Waals surface area contributed by atoms with Crippen molar-refractivity contribution in [3.8, 4) is 0 Å². The summed E-state index contributed by atoms with van der Waals surface area (Å²) in [4.78, 5) is 3.26. The highest BCUT2D eigenvalue weighted by molar-refractivity contribution is 5.22. The number of aromatic nitrogens is 1. The minimum absolute atomic E-state index is 0.151. The molecule has 0 saturated carbocycles. The number of nitrogens with two attached hydrogens (primary N) is 1. The second-order valence-electron chi connectivity index (χ2n) is 3.87. The van der Waals surface area contributed by atoms with Crippen LogP contribution in [0, 0.1) is 5.92 Å². The fourth-order valence-corrected chi connectivity index (χ4v) is 1.89. The van der Waals surface area contributed by atoms with Gasteiger partial charge in [0.15, 0.2) is 0 Å². The van der Waals surface area contributed by atoms with Crippen LogP contribution in [0.5, 0.6) is 0 Å². The van der Waals surface area contributed by atoms with Crippen LogP contribution < -0.4 is 5.73 Å². The molecule has 1 fully saturated rings. The second-order valence-corrected chi connectivity index (χ2v) is 3.87. The fraction of sp³-hybridized carbons (Fsp3) is 0.600. The van der Waals surface area contributed by atoms with Crippen LogP contribution in [0.15, 0.2) is 18.3 Å². The molecule has 2 heterocycles. The Balaban J connectivity index is 2.25. The number of hydrogen-bond acceptors (Lipinski definition) is 2. The van der Waals surface area contributed by atoms with Gasteiger partial charge in [0.1, 0.15) is 0 Å². The van der Waals surface area contributed by atoms with Crippen LogP contribution in [-0.2, 0) is 10.2 Å². The van der Waals surface area contributed by atoms with Crippen molar-refractivity contribution in [2.24, 2.45) is 11.7 Å². The highest BCUT2D eigenvalue weighted by Crippen LogP contribution is 2.37. The van der Waals surface area contributed by atoms with Gasteiger partial charge in [-0.3, -0.25) is 0 Å². The first kappa shape index (κ1) is 8.78. The van der Waals surface area contributed by atoms with Gasteiger partial charge in [-0.2, -0.15) is 0 Å². The molecule has 1 aliphatic rings. The summed E-state index contributed by atoms with van der Waals surface area (Å²) in [5.41, 5.74) is 7.12. The molecule has 1 atom stereocenters. The predicted molar refractivity (Wildman–Crippen MR) is 51.5 cm³/mol. The van der Waals surface area contributed by atoms with Crippen LogP contribution >= 0.6 is 0 Å². The summed E-state index contributed by atoms with van der Waals surface area (Å²) in [6.07, 6.45) is 1.96. The van der Waals surface area contributed by atoms with E-state index >= 15 is 0 Å². The number of hydrogen-bond donors (Lipinski definition) is 2. The third kappa shape index (κ3) is 1.19. The van der Waals surface area contributed by atoms with Gasteiger partial charge in [0.2, 0.25) is 0 Å². The molecule has 1 aromatic heterocycles. The Labute approximate surface area is 78.3 Å². The van der Waals surface area contributed by atoms with Crippen LogP contribution in [0.25, 0.3) is 0 Å². The Bertz CT molecular complexity index is 264. The first-order chi connectivity index (χ1) is 6.29. The number of aromatic amines is 1. The molecule has 2 rings (SSSR count). The van der Waals surface area contributed by atoms with Crippen LogP contribution in [0.2, 0.25) is 0 Å². The van der Waals surface area contributed by atoms with Gasteiger partial charge in [-0.1, -0.05) is 6.92 Å². The molecule has 1 unspecified atom stereocenters. The molecule has 3 N–H and O–H groups in total. The molecule has 3 heteroatoms. The van der Waals surface area contributed by atoms with Crippen molar-refractivity contribution in [3.63, 3.8) is 0 Å². The largest absolute Gasteiger partial charge is 0.379 e. The predicted octanol–water partition coefficient (Wildman–Crippen LogP) is 0.878. The lowest BCUT2D eigenvalue weighted by Crippen LogP contribution is -2.53. The van der Waals surface area contributed by atoms with Gasteiger partial charge in [-0.05, 0) is 24.6 Å². The molecule has 3 nitrogen and oxygen atoms in total. The van der Waals surface area contributed by atoms with Gasteiger partial charge < -0.3 is 15.5 Å². The van der Waals surface area contributed by atoms with Gasteiger partial charge in [0.25, 0.3) is 0 Å². The van der Waals surface area contributed by atoms with Crippen molar-refractivity contribution in [3.05, 3.63) is 24.0 Å². The van der Waals surface area contributed by atoms with Crippen LogP contribution in [0.1, 0.15) is 12.6 Å². The highest BCUT2D eigenvalue weighted by Gasteiger charge is 2.45. The van der Waals surface area contributed by atoms with E-state index < -0.39 is 0 Å². The summed E-state index contributed by atoms with van der Waals surface area (Å²) in [5.74, 6) is 0.472. The lowest BCUT2D eigenvalue weighted by Gasteiger charge is -2.45. The van der Waals surface area contributed by atoms with E-state index in [4.69, 9.17) is 10.5 Å². The van der Waals surface area contributed by atoms with E-state index in [0.29, 0.717) is 12.5 Å². The lowest BCUT2D eigenvalue weighted by atomic mass is 9.72. The average Bonchev–Trinajstić information content (AvgIpc) is 2.55. The Morgan fingerprint density at radius 1 is 1.69 bits per heavy atom. The topological polar surface area (TPSA) is 51.0 Å². The maximum Gasteiger partial charge on any atom is 0.0608 e. The molecule has 1 aliphatic heterocycles. The normalized spacial score (nSPS) is 22.3. The number of ether oxygens (including phenoxy) is 1. The minimum atomic E-state index is 0.151. The van der Waals surface area contributed by atoms with E-state index in [-0.39, 0.29) is 5.41 Å². The van der Waals surface area contributed by atoms with Gasteiger partial charge in [0.05, 0.1) is 18.6 Å². The molecule has 0 aromatic carbocycles. The molecule has 0 bridgehead atoms. The van der Waals surface area contributed by atoms with E-state index in [2.05, 4.69) is 18.0 Å². The summed E-state index contributed by atoms with van der Waals surface area (Å²) in [7, 11) is 0. The third-order valence-electron chi connectivity index (χ3n) is 3.15. The zero-order valence-electron chi connectivity index (χ0n) is 7.92. The van der Waals surface area contributed by atoms with Crippen molar-refractivity contribution < 1.29 is 4.74 Å². The molecule has 13 heavy (non-hydrogen) atoms. The number of H-pyrrole nitrogens is 1. The van der Waals surface area contributed by atoms with Crippen molar-refractivity contribution in [2.45, 2.75) is 12.3 Å². The second kappa shape index (κ2) is 3.16. The molecular formula is C10H16N2O. The maximum atomic E-state index is 5.70. The molecule has 0 aliphatic carbocycles. The van der Waals surface area contributed by atoms with E-state index in [0.717, 1.165) is 13.2 Å². The summed E-state index contributed by atoms with van der Waals surface area (Å²) >= 11 is 0. The van der Waals surface area contributed by atoms with E-state index in [1.54, 1.807) is 0 Å². The van der Waals surface area contributed by atoms with E-state index in [9.17, 15) is 0 Å². The molecule has 72 valence electrons. The summed E-state index contributed by atoms with van der Waals surface area (Å²) in [6, 6.07) is 4.15. The SMILES string of the molecule is CC(CN)C1(c2ccc[nH]2)COC1. The molecular weight excluding hydrogens is 164 g/mol. The van der Waals surface area contributed by atoms with Crippen molar-refractivity contribution in [1.29, 1.82) is 0 Å². The van der Waals surface area contributed by atoms with Crippen molar-refractivity contribution in [1.82, 2.24) is 4.98 Å². The number of nitrogens with one attached hydrogen (secondary N) is 1. The van der Waals surface area contributed by atoms with E-state index in [1.165, 1.54) is 5.69 Å². The minimum Gasteiger partial charge on any atom is -0.379 e. The smallest absolute Gasteiger partial charge is 0.0608 e. The van der Waals surface area contributed by atoms with Crippen molar-refractivity contribution >= 4 is 0 Å². The first-order valence-corrected chi connectivity index (χ1v) is 4.71. The Morgan fingerprint density at radius 3 is 2.85 bits per heavy atom. The van der Waals surface area contributed by atoms with Gasteiger partial charge in [-0.15, -0.1) is 0 Å². The average molecular weight is 180 g/mol. The van der Waals surface area contributed by atoms with Gasteiger partial charge in [0, 0.05) is 11.9 Å². The Kier molecular flexibility index (Phi) is 2.14. The summed E-state index contributed by atoms with van der Waals surface area (Å²) in [6.45, 7) is 4.49. The zero-order valence-corrected chi connectivity index (χ0v) is 7.92. The molecule has 0 spiro atoms. The van der Waals surface area contributed by atoms with Crippen LogP contribution in [0.3, 0.4) is 0 Å². The first-order valence-electron chi connectivity index (χ1n) is 4.71. The van der Waals surface area contributed by atoms with Gasteiger partial charge in [-0.25, -0.2) is 0 Å². The van der Waals surface area contributed by atoms with E-state index in [1.807, 2.05) is 12.3 Å². The Morgan fingerprint density at radius 2 is 2.46 bits per heavy atom. The molecule has 0 radical (unpaired) electrons. The Hall–Kier alpha value is -0.800. The molecule has 0 amide bonds. The monoisotopic (exact) mass is 180 g/mol. The zero-order chi connectivity index (χ0) is 9.31. The summed E-state index contributed by atoms with van der Waals surface area (Å²) < 4.78 is 5.31. The van der Waals surface area contributed by atoms with Crippen LogP contribution in [0.4, 0.5) is 0 Å². The van der Waals surface area contributed by atoms with Crippen LogP contribution in [-0.4, -0.2) is 24.7 Å². The number of rotatable bonds is 3. The quantitative estimate of drug-likeness (QED) is 0.725. The molecule has 1 aromatic rings. The standard InChI is InChI=1S/C10H16N2O/c1-8(5-11)10(6-13-7-10)9-3-2-4-12-9/h2-4,8,12H,5-7,11H2,1H3. The fourth-order valence-electron chi connectivity index (χ4n) is 1.89. The maximum absolute atomic E-state index is 5.70. The van der Waals surface area contributed by atoms with Crippen molar-refractivity contribution in [2.75, 3.05) is 19.8 Å². The molecule has 1 saturated heterocycles. The lowest BCUT2D eigenvalue weighted by molar-refractivity contribution is -0.0873.